The fraction of sp³-hybridized carbons (Fsp3) is 0.727. The van der Waals surface area contributed by atoms with Crippen molar-refractivity contribution in [1.29, 1.82) is 0 Å². The van der Waals surface area contributed by atoms with E-state index in [4.69, 9.17) is 5.73 Å². The first kappa shape index (κ1) is 12.0. The van der Waals surface area contributed by atoms with Crippen LogP contribution in [0.2, 0.25) is 0 Å². The summed E-state index contributed by atoms with van der Waals surface area (Å²) in [6, 6.07) is 0. The Morgan fingerprint density at radius 2 is 2.35 bits per heavy atom. The third kappa shape index (κ3) is 2.82. The second kappa shape index (κ2) is 5.27. The van der Waals surface area contributed by atoms with E-state index in [0.29, 0.717) is 37.6 Å². The second-order valence-electron chi connectivity index (χ2n) is 4.59. The molecule has 2 aliphatic heterocycles. The zero-order chi connectivity index (χ0) is 12.3. The highest BCUT2D eigenvalue weighted by Crippen LogP contribution is 2.16. The molecule has 0 saturated carbocycles. The Morgan fingerprint density at radius 3 is 3.00 bits per heavy atom. The molecule has 0 spiro atoms. The highest BCUT2D eigenvalue weighted by molar-refractivity contribution is 6.39. The fourth-order valence-electron chi connectivity index (χ4n) is 2.25. The van der Waals surface area contributed by atoms with Crippen molar-refractivity contribution >= 4 is 17.5 Å². The molecule has 1 atom stereocenters. The van der Waals surface area contributed by atoms with Gasteiger partial charge in [-0.25, -0.2) is 5.43 Å². The van der Waals surface area contributed by atoms with Gasteiger partial charge >= 0.3 is 0 Å². The average Bonchev–Trinajstić information content (AvgIpc) is 2.39. The molecule has 1 unspecified atom stereocenters. The van der Waals surface area contributed by atoms with Crippen molar-refractivity contribution in [3.05, 3.63) is 0 Å². The lowest BCUT2D eigenvalue weighted by atomic mass is 9.97. The number of rotatable bonds is 2. The number of hydrazone groups is 1. The van der Waals surface area contributed by atoms with Crippen LogP contribution < -0.4 is 11.2 Å². The lowest BCUT2D eigenvalue weighted by Crippen LogP contribution is -2.46. The van der Waals surface area contributed by atoms with E-state index < -0.39 is 0 Å². The first-order valence-electron chi connectivity index (χ1n) is 6.05. The summed E-state index contributed by atoms with van der Waals surface area (Å²) in [5, 5.41) is 3.83. The van der Waals surface area contributed by atoms with Crippen LogP contribution in [0.15, 0.2) is 5.10 Å². The van der Waals surface area contributed by atoms with Gasteiger partial charge in [0.2, 0.25) is 5.91 Å². The van der Waals surface area contributed by atoms with Crippen LogP contribution >= 0.6 is 0 Å². The Morgan fingerprint density at radius 1 is 1.53 bits per heavy atom. The molecule has 2 aliphatic rings. The molecule has 94 valence electrons. The summed E-state index contributed by atoms with van der Waals surface area (Å²) >= 11 is 0. The van der Waals surface area contributed by atoms with Crippen molar-refractivity contribution in [1.82, 2.24) is 10.3 Å². The number of piperidine rings is 1. The number of likely N-dealkylation sites (tertiary alicyclic amines) is 1. The number of nitrogens with one attached hydrogen (secondary N) is 1. The molecule has 6 heteroatoms. The van der Waals surface area contributed by atoms with E-state index in [1.54, 1.807) is 4.90 Å². The summed E-state index contributed by atoms with van der Waals surface area (Å²) in [5.41, 5.74) is 8.45. The Labute approximate surface area is 100 Å². The van der Waals surface area contributed by atoms with Gasteiger partial charge in [-0.15, -0.1) is 0 Å². The molecule has 0 aromatic rings. The van der Waals surface area contributed by atoms with Gasteiger partial charge in [0.1, 0.15) is 5.71 Å². The van der Waals surface area contributed by atoms with Gasteiger partial charge in [-0.2, -0.15) is 5.10 Å². The summed E-state index contributed by atoms with van der Waals surface area (Å²) in [5.74, 6) is 0.217. The predicted molar refractivity (Wildman–Crippen MR) is 63.2 cm³/mol. The Kier molecular flexibility index (Phi) is 3.73. The maximum absolute atomic E-state index is 12.1. The number of hydrogen-bond acceptors (Lipinski definition) is 4. The van der Waals surface area contributed by atoms with Crippen LogP contribution in [-0.4, -0.2) is 42.1 Å². The predicted octanol–water partition coefficient (Wildman–Crippen LogP) is -0.550. The second-order valence-corrected chi connectivity index (χ2v) is 4.59. The Hall–Kier alpha value is -1.43. The molecule has 2 amide bonds. The monoisotopic (exact) mass is 238 g/mol. The van der Waals surface area contributed by atoms with E-state index in [0.717, 1.165) is 19.4 Å². The molecule has 2 rings (SSSR count). The minimum atomic E-state index is -0.125. The van der Waals surface area contributed by atoms with Crippen molar-refractivity contribution in [2.75, 3.05) is 19.6 Å². The van der Waals surface area contributed by atoms with Gasteiger partial charge < -0.3 is 10.6 Å². The van der Waals surface area contributed by atoms with Crippen molar-refractivity contribution in [3.8, 4) is 0 Å². The molecule has 0 aromatic carbocycles. The maximum atomic E-state index is 12.1. The van der Waals surface area contributed by atoms with E-state index in [2.05, 4.69) is 10.5 Å². The summed E-state index contributed by atoms with van der Waals surface area (Å²) < 4.78 is 0. The molecule has 17 heavy (non-hydrogen) atoms. The molecule has 0 aliphatic carbocycles. The van der Waals surface area contributed by atoms with E-state index in [9.17, 15) is 9.59 Å². The van der Waals surface area contributed by atoms with Gasteiger partial charge in [-0.3, -0.25) is 9.59 Å². The minimum Gasteiger partial charge on any atom is -0.337 e. The molecule has 0 bridgehead atoms. The van der Waals surface area contributed by atoms with Crippen molar-refractivity contribution in [3.63, 3.8) is 0 Å². The Bertz CT molecular complexity index is 353. The number of nitrogens with two attached hydrogens (primary N) is 1. The van der Waals surface area contributed by atoms with Crippen LogP contribution in [-0.2, 0) is 9.59 Å². The molecule has 1 saturated heterocycles. The number of hydrogen-bond donors (Lipinski definition) is 2. The van der Waals surface area contributed by atoms with Gasteiger partial charge in [0.25, 0.3) is 5.91 Å². The fourth-order valence-corrected chi connectivity index (χ4v) is 2.25. The van der Waals surface area contributed by atoms with Gasteiger partial charge in [-0.05, 0) is 25.3 Å². The summed E-state index contributed by atoms with van der Waals surface area (Å²) in [6.07, 6.45) is 2.87. The molecular weight excluding hydrogens is 220 g/mol. The van der Waals surface area contributed by atoms with Crippen LogP contribution in [0.3, 0.4) is 0 Å². The molecule has 3 N–H and O–H groups in total. The maximum Gasteiger partial charge on any atom is 0.270 e. The Balaban J connectivity index is 1.97. The van der Waals surface area contributed by atoms with Crippen LogP contribution in [0, 0.1) is 5.92 Å². The average molecular weight is 238 g/mol. The summed E-state index contributed by atoms with van der Waals surface area (Å²) in [7, 11) is 0. The van der Waals surface area contributed by atoms with Crippen molar-refractivity contribution in [2.24, 2.45) is 16.8 Å². The first-order chi connectivity index (χ1) is 8.20. The number of nitrogens with zero attached hydrogens (tertiary/aromatic N) is 2. The SMILES string of the molecule is NCC1CCCN(C(=O)C2=NNC(=O)CC2)C1. The summed E-state index contributed by atoms with van der Waals surface area (Å²) in [6.45, 7) is 2.09. The standard InChI is InChI=1S/C11H18N4O2/c12-6-8-2-1-5-15(7-8)11(17)9-3-4-10(16)14-13-9/h8H,1-7,12H2,(H,14,16). The van der Waals surface area contributed by atoms with Crippen LogP contribution in [0.1, 0.15) is 25.7 Å². The first-order valence-corrected chi connectivity index (χ1v) is 6.05. The molecule has 6 nitrogen and oxygen atoms in total. The lowest BCUT2D eigenvalue weighted by molar-refractivity contribution is -0.126. The normalized spacial score (nSPS) is 25.2. The van der Waals surface area contributed by atoms with Crippen LogP contribution in [0.25, 0.3) is 0 Å². The zero-order valence-corrected chi connectivity index (χ0v) is 9.82. The minimum absolute atomic E-state index is 0.0526. The molecule has 1 fully saturated rings. The lowest BCUT2D eigenvalue weighted by Gasteiger charge is -2.32. The molecule has 2 heterocycles. The largest absolute Gasteiger partial charge is 0.337 e. The third-order valence-electron chi connectivity index (χ3n) is 3.29. The van der Waals surface area contributed by atoms with Crippen molar-refractivity contribution < 1.29 is 9.59 Å². The molecular formula is C11H18N4O2. The van der Waals surface area contributed by atoms with Crippen molar-refractivity contribution in [2.45, 2.75) is 25.7 Å². The quantitative estimate of drug-likeness (QED) is 0.676. The molecule has 0 radical (unpaired) electrons. The smallest absolute Gasteiger partial charge is 0.270 e. The van der Waals surface area contributed by atoms with Crippen LogP contribution in [0.4, 0.5) is 0 Å². The van der Waals surface area contributed by atoms with E-state index in [-0.39, 0.29) is 11.8 Å². The number of carbonyl (C=O) groups excluding carboxylic acids is 2. The highest BCUT2D eigenvalue weighted by atomic mass is 16.2. The van der Waals surface area contributed by atoms with Gasteiger partial charge in [-0.1, -0.05) is 0 Å². The molecule has 0 aromatic heterocycles. The van der Waals surface area contributed by atoms with Gasteiger partial charge in [0.05, 0.1) is 0 Å². The van der Waals surface area contributed by atoms with E-state index in [1.165, 1.54) is 0 Å². The zero-order valence-electron chi connectivity index (χ0n) is 9.82. The van der Waals surface area contributed by atoms with E-state index in [1.807, 2.05) is 0 Å². The van der Waals surface area contributed by atoms with Gasteiger partial charge in [0.15, 0.2) is 0 Å². The van der Waals surface area contributed by atoms with E-state index >= 15 is 0 Å². The third-order valence-corrected chi connectivity index (χ3v) is 3.29. The topological polar surface area (TPSA) is 87.8 Å². The number of amides is 2. The van der Waals surface area contributed by atoms with Gasteiger partial charge in [0, 0.05) is 25.9 Å². The summed E-state index contributed by atoms with van der Waals surface area (Å²) in [4.78, 5) is 24.9. The highest BCUT2D eigenvalue weighted by Gasteiger charge is 2.27. The van der Waals surface area contributed by atoms with Crippen LogP contribution in [0.5, 0.6) is 0 Å². The number of carbonyl (C=O) groups is 2.